The Labute approximate surface area is 139 Å². The van der Waals surface area contributed by atoms with Gasteiger partial charge in [-0.25, -0.2) is 4.39 Å². The number of nitrogens with zero attached hydrogens (tertiary/aromatic N) is 2. The van der Waals surface area contributed by atoms with Crippen molar-refractivity contribution in [3.8, 4) is 5.75 Å². The van der Waals surface area contributed by atoms with Gasteiger partial charge in [0.1, 0.15) is 0 Å². The van der Waals surface area contributed by atoms with E-state index in [1.165, 1.54) is 12.7 Å². The Bertz CT molecular complexity index is 581. The molecule has 0 radical (unpaired) electrons. The Morgan fingerprint density at radius 3 is 2.09 bits per heavy atom. The maximum absolute atomic E-state index is 13.4. The molecule has 1 aromatic heterocycles. The molecule has 0 N–H and O–H groups in total. The third-order valence-electron chi connectivity index (χ3n) is 3.65. The van der Waals surface area contributed by atoms with Crippen molar-refractivity contribution in [1.29, 1.82) is 0 Å². The van der Waals surface area contributed by atoms with Crippen LogP contribution in [0.4, 0.5) is 4.39 Å². The molecular weight excluding hydrogens is 291 g/mol. The number of ether oxygens (including phenoxy) is 1. The van der Waals surface area contributed by atoms with Gasteiger partial charge in [0.2, 0.25) is 0 Å². The molecule has 2 aromatic rings. The molecule has 0 bridgehead atoms. The van der Waals surface area contributed by atoms with Gasteiger partial charge in [-0.15, -0.1) is 0 Å². The fourth-order valence-corrected chi connectivity index (χ4v) is 2.06. The van der Waals surface area contributed by atoms with Gasteiger partial charge in [-0.3, -0.25) is 4.68 Å². The molecule has 0 atom stereocenters. The van der Waals surface area contributed by atoms with Crippen molar-refractivity contribution in [2.45, 2.75) is 59.4 Å². The molecule has 2 rings (SSSR count). The molecule has 0 spiro atoms. The summed E-state index contributed by atoms with van der Waals surface area (Å²) in [6, 6.07) is 5.68. The predicted octanol–water partition coefficient (Wildman–Crippen LogP) is 5.55. The maximum Gasteiger partial charge on any atom is 0.168 e. The molecule has 0 amide bonds. The van der Waals surface area contributed by atoms with Crippen LogP contribution in [0.15, 0.2) is 30.6 Å². The monoisotopic (exact) mass is 320 g/mol. The minimum Gasteiger partial charge on any atom is -0.494 e. The van der Waals surface area contributed by atoms with Crippen molar-refractivity contribution in [3.05, 3.63) is 47.5 Å². The Morgan fingerprint density at radius 2 is 1.70 bits per heavy atom. The molecule has 0 aliphatic carbocycles. The average Bonchev–Trinajstić information content (AvgIpc) is 2.98. The van der Waals surface area contributed by atoms with Gasteiger partial charge in [0.15, 0.2) is 11.6 Å². The predicted molar refractivity (Wildman–Crippen MR) is 93.7 cm³/mol. The second-order valence-electron chi connectivity index (χ2n) is 6.52. The summed E-state index contributed by atoms with van der Waals surface area (Å²) in [7, 11) is 1.47. The summed E-state index contributed by atoms with van der Waals surface area (Å²) in [5.41, 5.74) is 2.02. The molecule has 0 saturated carbocycles. The Balaban J connectivity index is 0.000000231. The van der Waals surface area contributed by atoms with E-state index in [1.807, 2.05) is 24.7 Å². The van der Waals surface area contributed by atoms with E-state index in [4.69, 9.17) is 4.74 Å². The Kier molecular flexibility index (Phi) is 7.27. The highest BCUT2D eigenvalue weighted by atomic mass is 19.1. The van der Waals surface area contributed by atoms with Crippen molar-refractivity contribution >= 4 is 0 Å². The maximum atomic E-state index is 13.4. The molecule has 0 aliphatic heterocycles. The second kappa shape index (κ2) is 8.70. The smallest absolute Gasteiger partial charge is 0.168 e. The van der Waals surface area contributed by atoms with Crippen LogP contribution in [-0.4, -0.2) is 16.9 Å². The van der Waals surface area contributed by atoms with Crippen molar-refractivity contribution in [3.63, 3.8) is 0 Å². The molecule has 0 fully saturated rings. The van der Waals surface area contributed by atoms with Gasteiger partial charge in [0.05, 0.1) is 13.3 Å². The van der Waals surface area contributed by atoms with Crippen LogP contribution in [0.1, 0.15) is 70.5 Å². The summed E-state index contributed by atoms with van der Waals surface area (Å²) >= 11 is 0. The van der Waals surface area contributed by atoms with Crippen LogP contribution in [-0.2, 0) is 0 Å². The summed E-state index contributed by atoms with van der Waals surface area (Å²) in [6.45, 7) is 12.5. The minimum atomic E-state index is -0.241. The first-order valence-corrected chi connectivity index (χ1v) is 8.14. The van der Waals surface area contributed by atoms with E-state index >= 15 is 0 Å². The second-order valence-corrected chi connectivity index (χ2v) is 6.52. The summed E-state index contributed by atoms with van der Waals surface area (Å²) < 4.78 is 20.3. The molecule has 1 aromatic carbocycles. The third-order valence-corrected chi connectivity index (χ3v) is 3.65. The van der Waals surface area contributed by atoms with Crippen molar-refractivity contribution in [2.75, 3.05) is 7.11 Å². The number of aromatic nitrogens is 2. The van der Waals surface area contributed by atoms with E-state index in [-0.39, 0.29) is 11.7 Å². The lowest BCUT2D eigenvalue weighted by Crippen LogP contribution is -1.99. The van der Waals surface area contributed by atoms with E-state index in [0.29, 0.717) is 23.3 Å². The van der Waals surface area contributed by atoms with E-state index in [2.05, 4.69) is 39.0 Å². The Morgan fingerprint density at radius 1 is 1.04 bits per heavy atom. The fourth-order valence-electron chi connectivity index (χ4n) is 2.06. The molecule has 128 valence electrons. The SMILES string of the molecule is CC(C)c1cnn(C(C)C)c1.COc1cccc(C(C)C)c1F. The number of benzene rings is 1. The van der Waals surface area contributed by atoms with Gasteiger partial charge in [-0.1, -0.05) is 39.8 Å². The highest BCUT2D eigenvalue weighted by Gasteiger charge is 2.10. The number of rotatable bonds is 4. The van der Waals surface area contributed by atoms with E-state index in [0.717, 1.165) is 0 Å². The van der Waals surface area contributed by atoms with Crippen LogP contribution < -0.4 is 4.74 Å². The number of hydrogen-bond donors (Lipinski definition) is 0. The topological polar surface area (TPSA) is 27.1 Å². The van der Waals surface area contributed by atoms with Gasteiger partial charge in [0.25, 0.3) is 0 Å². The van der Waals surface area contributed by atoms with E-state index < -0.39 is 0 Å². The number of halogens is 1. The normalized spacial score (nSPS) is 10.9. The van der Waals surface area contributed by atoms with E-state index in [1.54, 1.807) is 18.2 Å². The first-order valence-electron chi connectivity index (χ1n) is 8.14. The molecule has 0 unspecified atom stereocenters. The largest absolute Gasteiger partial charge is 0.494 e. The first kappa shape index (κ1) is 19.2. The van der Waals surface area contributed by atoms with Gasteiger partial charge >= 0.3 is 0 Å². The summed E-state index contributed by atoms with van der Waals surface area (Å²) in [5, 5.41) is 4.25. The Hall–Kier alpha value is -1.84. The van der Waals surface area contributed by atoms with Crippen molar-refractivity contribution in [2.24, 2.45) is 0 Å². The van der Waals surface area contributed by atoms with Crippen LogP contribution in [0.2, 0.25) is 0 Å². The summed E-state index contributed by atoms with van der Waals surface area (Å²) in [6.07, 6.45) is 4.07. The molecular formula is C19H29FN2O. The zero-order valence-corrected chi connectivity index (χ0v) is 15.3. The lowest BCUT2D eigenvalue weighted by atomic mass is 10.0. The lowest BCUT2D eigenvalue weighted by molar-refractivity contribution is 0.383. The van der Waals surface area contributed by atoms with Crippen LogP contribution in [0, 0.1) is 5.82 Å². The molecule has 0 saturated heterocycles. The first-order chi connectivity index (χ1) is 10.8. The molecule has 4 heteroatoms. The van der Waals surface area contributed by atoms with Gasteiger partial charge in [0, 0.05) is 12.2 Å². The van der Waals surface area contributed by atoms with Gasteiger partial charge in [-0.05, 0) is 42.9 Å². The number of methoxy groups -OCH3 is 1. The highest BCUT2D eigenvalue weighted by molar-refractivity contribution is 5.32. The molecule has 0 aliphatic rings. The molecule has 1 heterocycles. The van der Waals surface area contributed by atoms with Crippen molar-refractivity contribution in [1.82, 2.24) is 9.78 Å². The quantitative estimate of drug-likeness (QED) is 0.739. The summed E-state index contributed by atoms with van der Waals surface area (Å²) in [4.78, 5) is 0. The van der Waals surface area contributed by atoms with Crippen LogP contribution in [0.5, 0.6) is 5.75 Å². The van der Waals surface area contributed by atoms with Gasteiger partial charge in [-0.2, -0.15) is 5.10 Å². The van der Waals surface area contributed by atoms with Crippen molar-refractivity contribution < 1.29 is 9.13 Å². The average molecular weight is 320 g/mol. The third kappa shape index (κ3) is 5.38. The van der Waals surface area contributed by atoms with Gasteiger partial charge < -0.3 is 4.74 Å². The number of hydrogen-bond acceptors (Lipinski definition) is 2. The molecule has 23 heavy (non-hydrogen) atoms. The van der Waals surface area contributed by atoms with Crippen LogP contribution >= 0.6 is 0 Å². The zero-order valence-electron chi connectivity index (χ0n) is 15.3. The van der Waals surface area contributed by atoms with Crippen LogP contribution in [0.25, 0.3) is 0 Å². The highest BCUT2D eigenvalue weighted by Crippen LogP contribution is 2.25. The molecule has 3 nitrogen and oxygen atoms in total. The minimum absolute atomic E-state index is 0.195. The fraction of sp³-hybridized carbons (Fsp3) is 0.526. The standard InChI is InChI=1S/C10H13FO.C9H16N2/c1-7(2)8-5-4-6-9(12-3)10(8)11;1-7(2)9-5-10-11(6-9)8(3)4/h4-7H,1-3H3;5-8H,1-4H3. The van der Waals surface area contributed by atoms with E-state index in [9.17, 15) is 4.39 Å². The zero-order chi connectivity index (χ0) is 17.6. The summed E-state index contributed by atoms with van der Waals surface area (Å²) in [5.74, 6) is 0.860. The van der Waals surface area contributed by atoms with Crippen LogP contribution in [0.3, 0.4) is 0 Å². The lowest BCUT2D eigenvalue weighted by Gasteiger charge is -2.09.